The summed E-state index contributed by atoms with van der Waals surface area (Å²) in [5.41, 5.74) is 0. The number of carboxylic acid groups (broad SMARTS) is 1. The highest BCUT2D eigenvalue weighted by Gasteiger charge is 2.00. The van der Waals surface area contributed by atoms with Crippen LogP contribution in [0.5, 0.6) is 0 Å². The lowest BCUT2D eigenvalue weighted by atomic mass is 10.5. The van der Waals surface area contributed by atoms with Crippen molar-refractivity contribution in [2.75, 3.05) is 11.5 Å². The summed E-state index contributed by atoms with van der Waals surface area (Å²) in [7, 11) is -1.04. The van der Waals surface area contributed by atoms with Crippen molar-refractivity contribution in [3.05, 3.63) is 12.7 Å². The van der Waals surface area contributed by atoms with E-state index in [1.165, 1.54) is 6.08 Å². The van der Waals surface area contributed by atoms with E-state index in [0.717, 1.165) is 0 Å². The zero-order chi connectivity index (χ0) is 7.98. The molecule has 0 aromatic heterocycles. The molecule has 1 N–H and O–H groups in total. The number of carbonyl (C=O) groups is 1. The standard InChI is InChI=1S/C6H10O3S/c1-2-4-10(9)5-3-6(7)8/h2H,1,3-5H2,(H,7,8). The van der Waals surface area contributed by atoms with Gasteiger partial charge in [-0.25, -0.2) is 0 Å². The maximum absolute atomic E-state index is 10.7. The molecule has 0 rings (SSSR count). The highest BCUT2D eigenvalue weighted by molar-refractivity contribution is 7.85. The topological polar surface area (TPSA) is 54.4 Å². The predicted molar refractivity (Wildman–Crippen MR) is 40.3 cm³/mol. The summed E-state index contributed by atoms with van der Waals surface area (Å²) in [5, 5.41) is 8.17. The molecule has 0 aromatic rings. The third-order valence-corrected chi connectivity index (χ3v) is 2.11. The van der Waals surface area contributed by atoms with Crippen LogP contribution in [0.25, 0.3) is 0 Å². The van der Waals surface area contributed by atoms with Crippen LogP contribution in [0.4, 0.5) is 0 Å². The second kappa shape index (κ2) is 5.17. The number of hydrogen-bond donors (Lipinski definition) is 1. The van der Waals surface area contributed by atoms with E-state index >= 15 is 0 Å². The number of hydrogen-bond acceptors (Lipinski definition) is 2. The fraction of sp³-hybridized carbons (Fsp3) is 0.500. The Balaban J connectivity index is 3.39. The van der Waals surface area contributed by atoms with E-state index in [2.05, 4.69) is 6.58 Å². The van der Waals surface area contributed by atoms with Crippen LogP contribution in [-0.2, 0) is 15.6 Å². The van der Waals surface area contributed by atoms with E-state index in [4.69, 9.17) is 5.11 Å². The van der Waals surface area contributed by atoms with Gasteiger partial charge in [0.25, 0.3) is 0 Å². The van der Waals surface area contributed by atoms with Crippen LogP contribution in [0.15, 0.2) is 12.7 Å². The fourth-order valence-electron chi connectivity index (χ4n) is 0.416. The summed E-state index contributed by atoms with van der Waals surface area (Å²) in [6, 6.07) is 0. The smallest absolute Gasteiger partial charge is 0.304 e. The van der Waals surface area contributed by atoms with E-state index in [0.29, 0.717) is 5.75 Å². The molecule has 0 bridgehead atoms. The third kappa shape index (κ3) is 5.50. The maximum atomic E-state index is 10.7. The lowest BCUT2D eigenvalue weighted by Crippen LogP contribution is -2.05. The molecule has 1 atom stereocenters. The fourth-order valence-corrected chi connectivity index (χ4v) is 1.25. The van der Waals surface area contributed by atoms with Crippen molar-refractivity contribution in [3.8, 4) is 0 Å². The van der Waals surface area contributed by atoms with E-state index in [-0.39, 0.29) is 12.2 Å². The molecular weight excluding hydrogens is 152 g/mol. The van der Waals surface area contributed by atoms with Gasteiger partial charge in [-0.1, -0.05) is 6.08 Å². The van der Waals surface area contributed by atoms with Gasteiger partial charge in [0.05, 0.1) is 6.42 Å². The lowest BCUT2D eigenvalue weighted by molar-refractivity contribution is -0.136. The molecule has 0 heterocycles. The minimum atomic E-state index is -1.04. The zero-order valence-electron chi connectivity index (χ0n) is 5.58. The van der Waals surface area contributed by atoms with Crippen LogP contribution in [0.1, 0.15) is 6.42 Å². The van der Waals surface area contributed by atoms with Gasteiger partial charge in [0.15, 0.2) is 0 Å². The van der Waals surface area contributed by atoms with Crippen LogP contribution in [0.2, 0.25) is 0 Å². The van der Waals surface area contributed by atoms with Crippen molar-refractivity contribution >= 4 is 16.8 Å². The number of aliphatic carboxylic acids is 1. The highest BCUT2D eigenvalue weighted by Crippen LogP contribution is 1.87. The Hall–Kier alpha value is -0.640. The molecule has 0 radical (unpaired) electrons. The normalized spacial score (nSPS) is 12.4. The molecule has 0 saturated carbocycles. The van der Waals surface area contributed by atoms with Gasteiger partial charge < -0.3 is 5.11 Å². The van der Waals surface area contributed by atoms with E-state index in [9.17, 15) is 9.00 Å². The van der Waals surface area contributed by atoms with Crippen LogP contribution < -0.4 is 0 Å². The summed E-state index contributed by atoms with van der Waals surface area (Å²) in [6.45, 7) is 3.39. The number of rotatable bonds is 5. The van der Waals surface area contributed by atoms with Gasteiger partial charge in [-0.2, -0.15) is 0 Å². The van der Waals surface area contributed by atoms with Crippen molar-refractivity contribution in [1.82, 2.24) is 0 Å². The Morgan fingerprint density at radius 1 is 1.70 bits per heavy atom. The third-order valence-electron chi connectivity index (χ3n) is 0.847. The van der Waals surface area contributed by atoms with Crippen molar-refractivity contribution in [1.29, 1.82) is 0 Å². The van der Waals surface area contributed by atoms with Gasteiger partial charge in [0, 0.05) is 22.3 Å². The molecule has 0 aliphatic heterocycles. The summed E-state index contributed by atoms with van der Waals surface area (Å²) < 4.78 is 10.7. The van der Waals surface area contributed by atoms with Gasteiger partial charge in [-0.05, 0) is 0 Å². The van der Waals surface area contributed by atoms with E-state index in [1.54, 1.807) is 0 Å². The first-order valence-electron chi connectivity index (χ1n) is 2.84. The Labute approximate surface area is 62.2 Å². The Morgan fingerprint density at radius 3 is 2.70 bits per heavy atom. The molecule has 1 unspecified atom stereocenters. The molecular formula is C6H10O3S. The first kappa shape index (κ1) is 9.36. The van der Waals surface area contributed by atoms with Gasteiger partial charge >= 0.3 is 5.97 Å². The molecule has 0 aliphatic rings. The molecule has 0 aliphatic carbocycles. The second-order valence-electron chi connectivity index (χ2n) is 1.74. The van der Waals surface area contributed by atoms with E-state index < -0.39 is 16.8 Å². The Bertz CT molecular complexity index is 153. The van der Waals surface area contributed by atoms with Crippen LogP contribution in [0, 0.1) is 0 Å². The van der Waals surface area contributed by atoms with Crippen molar-refractivity contribution in [2.45, 2.75) is 6.42 Å². The molecule has 0 aromatic carbocycles. The second-order valence-corrected chi connectivity index (χ2v) is 3.36. The maximum Gasteiger partial charge on any atom is 0.304 e. The summed E-state index contributed by atoms with van der Waals surface area (Å²) in [6.07, 6.45) is 1.50. The minimum absolute atomic E-state index is 0.0273. The Kier molecular flexibility index (Phi) is 4.84. The monoisotopic (exact) mass is 162 g/mol. The van der Waals surface area contributed by atoms with E-state index in [1.807, 2.05) is 0 Å². The lowest BCUT2D eigenvalue weighted by Gasteiger charge is -1.93. The van der Waals surface area contributed by atoms with Gasteiger partial charge in [0.2, 0.25) is 0 Å². The quantitative estimate of drug-likeness (QED) is 0.595. The van der Waals surface area contributed by atoms with Crippen LogP contribution >= 0.6 is 0 Å². The molecule has 0 amide bonds. The van der Waals surface area contributed by atoms with Gasteiger partial charge in [-0.3, -0.25) is 9.00 Å². The van der Waals surface area contributed by atoms with Gasteiger partial charge in [0.1, 0.15) is 0 Å². The average molecular weight is 162 g/mol. The first-order valence-corrected chi connectivity index (χ1v) is 4.33. The highest BCUT2D eigenvalue weighted by atomic mass is 32.2. The van der Waals surface area contributed by atoms with Crippen molar-refractivity contribution < 1.29 is 14.1 Å². The zero-order valence-corrected chi connectivity index (χ0v) is 6.39. The molecule has 0 spiro atoms. The molecule has 4 heteroatoms. The van der Waals surface area contributed by atoms with Crippen LogP contribution in [0.3, 0.4) is 0 Å². The molecule has 0 fully saturated rings. The first-order chi connectivity index (χ1) is 4.66. The predicted octanol–water partition coefficient (Wildman–Crippen LogP) is 0.396. The summed E-state index contributed by atoms with van der Waals surface area (Å²) >= 11 is 0. The molecule has 3 nitrogen and oxygen atoms in total. The SMILES string of the molecule is C=CCS(=O)CCC(=O)O. The minimum Gasteiger partial charge on any atom is -0.481 e. The molecule has 58 valence electrons. The molecule has 0 saturated heterocycles. The average Bonchev–Trinajstić information content (AvgIpc) is 1.85. The summed E-state index contributed by atoms with van der Waals surface area (Å²) in [4.78, 5) is 9.95. The number of carboxylic acids is 1. The van der Waals surface area contributed by atoms with Crippen molar-refractivity contribution in [2.24, 2.45) is 0 Å². The molecule has 10 heavy (non-hydrogen) atoms. The van der Waals surface area contributed by atoms with Crippen LogP contribution in [-0.4, -0.2) is 26.8 Å². The largest absolute Gasteiger partial charge is 0.481 e. The summed E-state index contributed by atoms with van der Waals surface area (Å²) in [5.74, 6) is -0.299. The van der Waals surface area contributed by atoms with Crippen molar-refractivity contribution in [3.63, 3.8) is 0 Å². The van der Waals surface area contributed by atoms with Gasteiger partial charge in [-0.15, -0.1) is 6.58 Å². The Morgan fingerprint density at radius 2 is 2.30 bits per heavy atom.